The van der Waals surface area contributed by atoms with Gasteiger partial charge in [0.1, 0.15) is 5.65 Å². The van der Waals surface area contributed by atoms with E-state index in [1.807, 2.05) is 50.2 Å². The van der Waals surface area contributed by atoms with Gasteiger partial charge in [0, 0.05) is 44.8 Å². The summed E-state index contributed by atoms with van der Waals surface area (Å²) < 4.78 is 3.25. The third-order valence-electron chi connectivity index (χ3n) is 6.46. The molecule has 3 aromatic heterocycles. The molecular formula is C28H20N3O3+. The van der Waals surface area contributed by atoms with E-state index >= 15 is 0 Å². The van der Waals surface area contributed by atoms with Crippen molar-refractivity contribution in [2.75, 3.05) is 0 Å². The third kappa shape index (κ3) is 2.48. The molecule has 1 atom stereocenters. The predicted molar refractivity (Wildman–Crippen MR) is 131 cm³/mol. The summed E-state index contributed by atoms with van der Waals surface area (Å²) in [4.78, 5) is 45.1. The van der Waals surface area contributed by atoms with Crippen LogP contribution in [-0.2, 0) is 0 Å². The zero-order valence-corrected chi connectivity index (χ0v) is 18.6. The molecule has 0 bridgehead atoms. The Hall–Kier alpha value is -4.45. The number of Topliss-reactive ketones (excluding diaryl/α,β-unsaturated/α-hetero) is 2. The Morgan fingerprint density at radius 2 is 1.38 bits per heavy atom. The van der Waals surface area contributed by atoms with Crippen molar-refractivity contribution in [3.05, 3.63) is 101 Å². The Morgan fingerprint density at radius 1 is 0.735 bits per heavy atom. The van der Waals surface area contributed by atoms with Crippen LogP contribution in [0.1, 0.15) is 40.6 Å². The fraction of sp³-hybridized carbons (Fsp3) is 0.107. The van der Waals surface area contributed by atoms with Crippen LogP contribution in [0.15, 0.2) is 83.9 Å². The van der Waals surface area contributed by atoms with E-state index in [0.29, 0.717) is 32.9 Å². The van der Waals surface area contributed by atoms with E-state index in [9.17, 15) is 14.4 Å². The molecule has 0 amide bonds. The molecule has 7 rings (SSSR count). The molecule has 0 saturated heterocycles. The van der Waals surface area contributed by atoms with Crippen molar-refractivity contribution in [1.82, 2.24) is 9.38 Å². The van der Waals surface area contributed by atoms with Crippen LogP contribution >= 0.6 is 0 Å². The molecule has 0 N–H and O–H groups in total. The Bertz CT molecular complexity index is 1820. The molecule has 1 aliphatic carbocycles. The number of hydrogen-bond donors (Lipinski definition) is 0. The molecule has 0 aliphatic heterocycles. The first-order valence-electron chi connectivity index (χ1n) is 11.3. The Kier molecular flexibility index (Phi) is 4.32. The highest BCUT2D eigenvalue weighted by Gasteiger charge is 2.43. The molecule has 3 aromatic carbocycles. The summed E-state index contributed by atoms with van der Waals surface area (Å²) in [6.07, 6.45) is 3.45. The van der Waals surface area contributed by atoms with Gasteiger partial charge in [-0.25, -0.2) is 4.98 Å². The van der Waals surface area contributed by atoms with Gasteiger partial charge < -0.3 is 0 Å². The molecule has 1 aliphatic rings. The van der Waals surface area contributed by atoms with Crippen LogP contribution in [0.3, 0.4) is 0 Å². The van der Waals surface area contributed by atoms with Crippen molar-refractivity contribution in [1.29, 1.82) is 0 Å². The quantitative estimate of drug-likeness (QED) is 0.275. The summed E-state index contributed by atoms with van der Waals surface area (Å²) in [5.74, 6) is -0.539. The number of pyridine rings is 2. The summed E-state index contributed by atoms with van der Waals surface area (Å²) in [7, 11) is 0. The number of para-hydroxylation sites is 2. The summed E-state index contributed by atoms with van der Waals surface area (Å²) in [5.41, 5.74) is 2.70. The summed E-state index contributed by atoms with van der Waals surface area (Å²) in [6, 6.07) is 18.9. The first-order chi connectivity index (χ1) is 16.6. The van der Waals surface area contributed by atoms with Gasteiger partial charge in [-0.1, -0.05) is 32.0 Å². The van der Waals surface area contributed by atoms with Crippen molar-refractivity contribution in [2.45, 2.75) is 19.9 Å². The number of aromatic nitrogens is 3. The van der Waals surface area contributed by atoms with Gasteiger partial charge in [0.15, 0.2) is 12.4 Å². The SMILES string of the molecule is CC.O=C1c2ccc3c(=O)n4c5ccccc5nc4c4ccc(c2c34)C(=O)C1[n+]1ccccc1. The second-order valence-electron chi connectivity index (χ2n) is 8.09. The van der Waals surface area contributed by atoms with Crippen LogP contribution in [0.5, 0.6) is 0 Å². The van der Waals surface area contributed by atoms with E-state index in [1.165, 1.54) is 0 Å². The van der Waals surface area contributed by atoms with Gasteiger partial charge in [-0.05, 0) is 36.4 Å². The minimum Gasteiger partial charge on any atom is -0.286 e. The van der Waals surface area contributed by atoms with E-state index in [2.05, 4.69) is 0 Å². The highest BCUT2D eigenvalue weighted by molar-refractivity contribution is 6.34. The smallest absolute Gasteiger partial charge is 0.283 e. The largest absolute Gasteiger partial charge is 0.286 e. The Morgan fingerprint density at radius 3 is 2.09 bits per heavy atom. The fourth-order valence-electron chi connectivity index (χ4n) is 5.07. The zero-order valence-electron chi connectivity index (χ0n) is 18.6. The first kappa shape index (κ1) is 20.2. The Labute approximate surface area is 194 Å². The average molecular weight is 446 g/mol. The number of hydrogen-bond acceptors (Lipinski definition) is 4. The molecule has 6 aromatic rings. The number of ketones is 2. The van der Waals surface area contributed by atoms with Crippen LogP contribution in [0.4, 0.5) is 0 Å². The molecule has 164 valence electrons. The number of benzene rings is 3. The molecule has 0 radical (unpaired) electrons. The molecule has 34 heavy (non-hydrogen) atoms. The molecule has 6 nitrogen and oxygen atoms in total. The lowest BCUT2D eigenvalue weighted by atomic mass is 9.82. The van der Waals surface area contributed by atoms with E-state index in [4.69, 9.17) is 4.98 Å². The third-order valence-corrected chi connectivity index (χ3v) is 6.46. The number of fused-ring (bicyclic) bond motifs is 4. The summed E-state index contributed by atoms with van der Waals surface area (Å²) in [5, 5.41) is 2.41. The number of carbonyl (C=O) groups excluding carboxylic acids is 2. The Balaban J connectivity index is 0.00000106. The maximum atomic E-state index is 13.5. The van der Waals surface area contributed by atoms with Gasteiger partial charge in [0.25, 0.3) is 11.6 Å². The molecule has 0 fully saturated rings. The number of carbonyl (C=O) groups is 2. The van der Waals surface area contributed by atoms with Crippen LogP contribution < -0.4 is 10.1 Å². The first-order valence-corrected chi connectivity index (χ1v) is 11.3. The van der Waals surface area contributed by atoms with Crippen LogP contribution in [-0.4, -0.2) is 21.0 Å². The summed E-state index contributed by atoms with van der Waals surface area (Å²) >= 11 is 0. The molecular weight excluding hydrogens is 426 g/mol. The van der Waals surface area contributed by atoms with Gasteiger partial charge in [0.2, 0.25) is 11.6 Å². The summed E-state index contributed by atoms with van der Waals surface area (Å²) in [6.45, 7) is 4.00. The molecule has 0 saturated carbocycles. The average Bonchev–Trinajstić information content (AvgIpc) is 3.28. The van der Waals surface area contributed by atoms with E-state index in [0.717, 1.165) is 16.4 Å². The monoisotopic (exact) mass is 446 g/mol. The lowest BCUT2D eigenvalue weighted by Crippen LogP contribution is -2.49. The number of nitrogens with zero attached hydrogens (tertiary/aromatic N) is 3. The van der Waals surface area contributed by atoms with Crippen molar-refractivity contribution in [3.63, 3.8) is 0 Å². The van der Waals surface area contributed by atoms with Gasteiger partial charge in [-0.2, -0.15) is 4.57 Å². The van der Waals surface area contributed by atoms with Crippen molar-refractivity contribution < 1.29 is 14.2 Å². The van der Waals surface area contributed by atoms with Crippen LogP contribution in [0, 0.1) is 0 Å². The highest BCUT2D eigenvalue weighted by Crippen LogP contribution is 2.38. The molecule has 0 spiro atoms. The molecule has 3 heterocycles. The maximum Gasteiger partial charge on any atom is 0.283 e. The highest BCUT2D eigenvalue weighted by atomic mass is 16.2. The fourth-order valence-corrected chi connectivity index (χ4v) is 5.07. The van der Waals surface area contributed by atoms with Crippen molar-refractivity contribution in [2.24, 2.45) is 0 Å². The normalized spacial score (nSPS) is 15.3. The molecule has 6 heteroatoms. The van der Waals surface area contributed by atoms with Crippen LogP contribution in [0.2, 0.25) is 0 Å². The van der Waals surface area contributed by atoms with Gasteiger partial charge in [-0.15, -0.1) is 0 Å². The lowest BCUT2D eigenvalue weighted by molar-refractivity contribution is -0.693. The van der Waals surface area contributed by atoms with E-state index in [1.54, 1.807) is 51.7 Å². The van der Waals surface area contributed by atoms with E-state index < -0.39 is 6.04 Å². The van der Waals surface area contributed by atoms with Gasteiger partial charge in [0.05, 0.1) is 11.0 Å². The maximum absolute atomic E-state index is 13.5. The predicted octanol–water partition coefficient (Wildman–Crippen LogP) is 4.53. The van der Waals surface area contributed by atoms with Crippen molar-refractivity contribution >= 4 is 49.8 Å². The second-order valence-corrected chi connectivity index (χ2v) is 8.09. The number of imidazole rings is 1. The standard InChI is InChI=1S/C26H14N3O3.C2H6/c30-23-14-8-10-16-21-17(26(32)29-19-7-3-2-6-18(19)27-25(16)29)11-9-15(20(14)21)24(31)22(23)28-12-4-1-5-13-28;1-2/h1-13,22H;1-2H3/q+1;. The molecule has 1 unspecified atom stereocenters. The van der Waals surface area contributed by atoms with Gasteiger partial charge in [-0.3, -0.25) is 18.8 Å². The minimum atomic E-state index is -0.952. The van der Waals surface area contributed by atoms with E-state index in [-0.39, 0.29) is 17.1 Å². The second kappa shape index (κ2) is 7.28. The number of rotatable bonds is 1. The zero-order chi connectivity index (χ0) is 23.6. The topological polar surface area (TPSA) is 72.4 Å². The lowest BCUT2D eigenvalue weighted by Gasteiger charge is -2.21. The van der Waals surface area contributed by atoms with Gasteiger partial charge >= 0.3 is 0 Å². The minimum absolute atomic E-state index is 0.204. The van der Waals surface area contributed by atoms with Crippen molar-refractivity contribution in [3.8, 4) is 0 Å². The van der Waals surface area contributed by atoms with Crippen LogP contribution in [0.25, 0.3) is 38.2 Å².